The molecule has 0 saturated carbocycles. The van der Waals surface area contributed by atoms with E-state index >= 15 is 0 Å². The Balaban J connectivity index is 2.00. The number of pyridine rings is 1. The van der Waals surface area contributed by atoms with Crippen LogP contribution in [-0.4, -0.2) is 40.4 Å². The van der Waals surface area contributed by atoms with Crippen molar-refractivity contribution in [1.29, 1.82) is 0 Å². The van der Waals surface area contributed by atoms with Crippen molar-refractivity contribution in [2.24, 2.45) is 0 Å². The molecule has 0 bridgehead atoms. The number of likely N-dealkylation sites (tertiary alicyclic amines) is 1. The van der Waals surface area contributed by atoms with Crippen molar-refractivity contribution < 1.29 is 9.59 Å². The Morgan fingerprint density at radius 2 is 1.59 bits per heavy atom. The van der Waals surface area contributed by atoms with Gasteiger partial charge in [0.1, 0.15) is 11.1 Å². The number of amides is 2. The van der Waals surface area contributed by atoms with E-state index < -0.39 is 11.3 Å². The van der Waals surface area contributed by atoms with Gasteiger partial charge in [0.2, 0.25) is 5.43 Å². The fourth-order valence-electron chi connectivity index (χ4n) is 3.61. The molecule has 6 heteroatoms. The van der Waals surface area contributed by atoms with Crippen LogP contribution in [0.3, 0.4) is 0 Å². The standard InChI is InChI=1S/C23H29N3O3/c1-17(2)24-22(28)19-15-25(14-18-10-6-5-7-11-18)16-20(21(19)27)23(29)26-12-8-3-4-9-13-26/h5-7,10-11,15-17H,3-4,8-9,12-14H2,1-2H3,(H,24,28). The molecule has 0 spiro atoms. The maximum Gasteiger partial charge on any atom is 0.259 e. The highest BCUT2D eigenvalue weighted by molar-refractivity contribution is 5.99. The second-order valence-corrected chi connectivity index (χ2v) is 7.91. The van der Waals surface area contributed by atoms with Gasteiger partial charge in [-0.2, -0.15) is 0 Å². The van der Waals surface area contributed by atoms with E-state index in [9.17, 15) is 14.4 Å². The number of aromatic nitrogens is 1. The molecule has 0 aliphatic carbocycles. The molecule has 2 amide bonds. The molecule has 1 aliphatic rings. The number of nitrogens with one attached hydrogen (secondary N) is 1. The van der Waals surface area contributed by atoms with Gasteiger partial charge in [-0.05, 0) is 32.3 Å². The lowest BCUT2D eigenvalue weighted by Gasteiger charge is -2.21. The number of rotatable bonds is 5. The first-order chi connectivity index (χ1) is 14.0. The van der Waals surface area contributed by atoms with Crippen LogP contribution < -0.4 is 10.7 Å². The van der Waals surface area contributed by atoms with E-state index in [2.05, 4.69) is 5.32 Å². The molecule has 154 valence electrons. The molecule has 1 aliphatic heterocycles. The third-order valence-electron chi connectivity index (χ3n) is 5.08. The van der Waals surface area contributed by atoms with Gasteiger partial charge in [-0.25, -0.2) is 0 Å². The molecule has 1 N–H and O–H groups in total. The van der Waals surface area contributed by atoms with Gasteiger partial charge in [0.25, 0.3) is 11.8 Å². The average molecular weight is 396 g/mol. The second-order valence-electron chi connectivity index (χ2n) is 7.91. The van der Waals surface area contributed by atoms with Gasteiger partial charge in [-0.15, -0.1) is 0 Å². The predicted octanol–water partition coefficient (Wildman–Crippen LogP) is 3.05. The van der Waals surface area contributed by atoms with Crippen LogP contribution in [0.25, 0.3) is 0 Å². The zero-order chi connectivity index (χ0) is 20.8. The summed E-state index contributed by atoms with van der Waals surface area (Å²) in [4.78, 5) is 40.6. The molecule has 0 radical (unpaired) electrons. The van der Waals surface area contributed by atoms with Crippen molar-refractivity contribution in [1.82, 2.24) is 14.8 Å². The third kappa shape index (κ3) is 5.34. The maximum absolute atomic E-state index is 13.2. The molecule has 1 aromatic carbocycles. The average Bonchev–Trinajstić information content (AvgIpc) is 2.98. The molecule has 2 aromatic rings. The lowest BCUT2D eigenvalue weighted by Crippen LogP contribution is -2.39. The summed E-state index contributed by atoms with van der Waals surface area (Å²) in [5.74, 6) is -0.727. The third-order valence-corrected chi connectivity index (χ3v) is 5.08. The van der Waals surface area contributed by atoms with Crippen molar-refractivity contribution in [3.05, 3.63) is 69.6 Å². The number of carbonyl (C=O) groups excluding carboxylic acids is 2. The van der Waals surface area contributed by atoms with Gasteiger partial charge in [0.05, 0.1) is 0 Å². The van der Waals surface area contributed by atoms with Crippen molar-refractivity contribution in [2.75, 3.05) is 13.1 Å². The van der Waals surface area contributed by atoms with E-state index in [-0.39, 0.29) is 23.1 Å². The van der Waals surface area contributed by atoms with Gasteiger partial charge in [-0.3, -0.25) is 14.4 Å². The highest BCUT2D eigenvalue weighted by Crippen LogP contribution is 2.13. The monoisotopic (exact) mass is 395 g/mol. The first kappa shape index (κ1) is 20.8. The zero-order valence-electron chi connectivity index (χ0n) is 17.2. The van der Waals surface area contributed by atoms with Gasteiger partial charge >= 0.3 is 0 Å². The Morgan fingerprint density at radius 3 is 2.21 bits per heavy atom. The van der Waals surface area contributed by atoms with Crippen LogP contribution in [0, 0.1) is 0 Å². The maximum atomic E-state index is 13.2. The second kappa shape index (κ2) is 9.54. The van der Waals surface area contributed by atoms with Crippen LogP contribution >= 0.6 is 0 Å². The van der Waals surface area contributed by atoms with Crippen LogP contribution in [0.2, 0.25) is 0 Å². The molecule has 3 rings (SSSR count). The first-order valence-corrected chi connectivity index (χ1v) is 10.3. The Kier molecular flexibility index (Phi) is 6.86. The van der Waals surface area contributed by atoms with Crippen LogP contribution in [0.1, 0.15) is 65.8 Å². The topological polar surface area (TPSA) is 71.4 Å². The molecule has 6 nitrogen and oxygen atoms in total. The zero-order valence-corrected chi connectivity index (χ0v) is 17.2. The predicted molar refractivity (Wildman–Crippen MR) is 113 cm³/mol. The number of hydrogen-bond acceptors (Lipinski definition) is 3. The summed E-state index contributed by atoms with van der Waals surface area (Å²) in [6.07, 6.45) is 7.22. The number of nitrogens with zero attached hydrogens (tertiary/aromatic N) is 2. The van der Waals surface area contributed by atoms with Crippen LogP contribution in [0.5, 0.6) is 0 Å². The Morgan fingerprint density at radius 1 is 0.966 bits per heavy atom. The normalized spacial score (nSPS) is 14.5. The summed E-state index contributed by atoms with van der Waals surface area (Å²) in [7, 11) is 0. The lowest BCUT2D eigenvalue weighted by molar-refractivity contribution is 0.0759. The SMILES string of the molecule is CC(C)NC(=O)c1cn(Cc2ccccc2)cc(C(=O)N2CCCCCC2)c1=O. The molecule has 0 atom stereocenters. The first-order valence-electron chi connectivity index (χ1n) is 10.3. The van der Waals surface area contributed by atoms with Crippen molar-refractivity contribution in [3.8, 4) is 0 Å². The van der Waals surface area contributed by atoms with Gasteiger partial charge in [0.15, 0.2) is 0 Å². The van der Waals surface area contributed by atoms with Gasteiger partial charge < -0.3 is 14.8 Å². The van der Waals surface area contributed by atoms with E-state index in [0.29, 0.717) is 19.6 Å². The summed E-state index contributed by atoms with van der Waals surface area (Å²) >= 11 is 0. The smallest absolute Gasteiger partial charge is 0.259 e. The largest absolute Gasteiger partial charge is 0.350 e. The van der Waals surface area contributed by atoms with Crippen molar-refractivity contribution >= 4 is 11.8 Å². The Labute approximate surface area is 171 Å². The molecule has 0 unspecified atom stereocenters. The fourth-order valence-corrected chi connectivity index (χ4v) is 3.61. The molecule has 29 heavy (non-hydrogen) atoms. The van der Waals surface area contributed by atoms with E-state index in [0.717, 1.165) is 31.2 Å². The summed E-state index contributed by atoms with van der Waals surface area (Å²) in [6, 6.07) is 9.66. The van der Waals surface area contributed by atoms with E-state index in [1.54, 1.807) is 21.9 Å². The van der Waals surface area contributed by atoms with E-state index in [4.69, 9.17) is 0 Å². The fraction of sp³-hybridized carbons (Fsp3) is 0.435. The molecular weight excluding hydrogens is 366 g/mol. The molecule has 2 heterocycles. The van der Waals surface area contributed by atoms with Crippen molar-refractivity contribution in [2.45, 2.75) is 52.1 Å². The summed E-state index contributed by atoms with van der Waals surface area (Å²) in [5, 5.41) is 2.77. The summed E-state index contributed by atoms with van der Waals surface area (Å²) < 4.78 is 1.76. The molecular formula is C23H29N3O3. The molecule has 1 fully saturated rings. The summed E-state index contributed by atoms with van der Waals surface area (Å²) in [5.41, 5.74) is 0.607. The number of carbonyl (C=O) groups is 2. The summed E-state index contributed by atoms with van der Waals surface area (Å²) in [6.45, 7) is 5.46. The van der Waals surface area contributed by atoms with Crippen LogP contribution in [0.15, 0.2) is 47.5 Å². The van der Waals surface area contributed by atoms with Crippen molar-refractivity contribution in [3.63, 3.8) is 0 Å². The van der Waals surface area contributed by atoms with Crippen LogP contribution in [0.4, 0.5) is 0 Å². The van der Waals surface area contributed by atoms with Gasteiger partial charge in [0, 0.05) is 38.1 Å². The molecule has 1 aromatic heterocycles. The Hall–Kier alpha value is -2.89. The Bertz CT molecular complexity index is 911. The quantitative estimate of drug-likeness (QED) is 0.846. The molecule has 1 saturated heterocycles. The number of benzene rings is 1. The highest BCUT2D eigenvalue weighted by Gasteiger charge is 2.24. The van der Waals surface area contributed by atoms with Crippen LogP contribution in [-0.2, 0) is 6.54 Å². The van der Waals surface area contributed by atoms with E-state index in [1.807, 2.05) is 44.2 Å². The minimum atomic E-state index is -0.498. The van der Waals surface area contributed by atoms with E-state index in [1.165, 1.54) is 0 Å². The lowest BCUT2D eigenvalue weighted by atomic mass is 10.1. The van der Waals surface area contributed by atoms with Gasteiger partial charge in [-0.1, -0.05) is 43.2 Å². The minimum Gasteiger partial charge on any atom is -0.350 e. The highest BCUT2D eigenvalue weighted by atomic mass is 16.2. The number of hydrogen-bond donors (Lipinski definition) is 1. The minimum absolute atomic E-state index is 0.00954.